The first-order valence-electron chi connectivity index (χ1n) is 17.8. The molecule has 0 saturated carbocycles. The van der Waals surface area contributed by atoms with Crippen molar-refractivity contribution in [1.29, 1.82) is 0 Å². The molecule has 428 valence electrons. The van der Waals surface area contributed by atoms with Crippen LogP contribution in [0, 0.1) is 221 Å². The van der Waals surface area contributed by atoms with E-state index < -0.39 is 5.97 Å². The number of carbonyl (C=O) groups excluding carboxylic acids is 1. The van der Waals surface area contributed by atoms with Crippen molar-refractivity contribution in [3.8, 4) is 0 Å². The second-order valence-corrected chi connectivity index (χ2v) is 9.51. The van der Waals surface area contributed by atoms with Gasteiger partial charge in [-0.25, -0.2) is 18.6 Å². The molecule has 4 heterocycles. The molecule has 0 aliphatic rings. The molecule has 4 radical (unpaired) electrons. The molecular formula is C44H90Ar4I8N4O6Y4-6. The van der Waals surface area contributed by atoms with Gasteiger partial charge in [0.15, 0.2) is 5.69 Å². The fourth-order valence-electron chi connectivity index (χ4n) is 2.09. The second-order valence-electron chi connectivity index (χ2n) is 9.51. The van der Waals surface area contributed by atoms with Crippen molar-refractivity contribution in [3.05, 3.63) is 113 Å². The Morgan fingerprint density at radius 1 is 0.471 bits per heavy atom. The standard InChI is InChI=1S/C7H9NO3.C6H9NO.2C5H6NO.4C3H8.2C2H5.3CH4.2CH3.4Ar.4I2.4Y/c1-3-10-7(9)6-4-5(2)11-8-6;1-3-6-4-5(2)8-7-6;2*1-4-3-5(2)7-6-4;4*1-3-2;2*1-2;;;;;;;;;;4*1-2;;;;/h4H,3H2,1-2H3;4H,3H2,1-2H3;2*3H,1H2,2H3;4*3H2,1-2H3;2*1H2,2H3;3*1H4;2*1H3;;;;;;;;;;;;/q;;2*-1;;;;;2*-1;;;;2*-1;;;;;;;;;;;;. The number of hydrogen-bond donors (Lipinski definition) is 0. The van der Waals surface area contributed by atoms with Crippen molar-refractivity contribution in [1.82, 2.24) is 20.6 Å². The summed E-state index contributed by atoms with van der Waals surface area (Å²) in [5, 5.41) is 14.3. The fraction of sp³-hybridized carbons (Fsp3) is 0.568. The molecule has 0 spiro atoms. The molecule has 4 aromatic heterocycles. The predicted molar refractivity (Wildman–Crippen MR) is 350 cm³/mol. The SMILES string of the molecule is C.C.C.CCC.CCC.CCC.CCC.CCOC(=O)c1cc(C)on1.CCc1cc(C)on1.II.II.II.II.[Ar].[Ar].[Ar].[Ar].[CH2-]C.[CH2-]C.[CH2-]c1cc(C)on1.[CH2-]c1cc(C)on1.[CH3-].[CH3-].[Y].[Y].[Y].[Y]. The van der Waals surface area contributed by atoms with Crippen molar-refractivity contribution in [2.75, 3.05) is 6.61 Å². The molecule has 0 bridgehead atoms. The van der Waals surface area contributed by atoms with E-state index in [0.29, 0.717) is 23.8 Å². The van der Waals surface area contributed by atoms with E-state index in [-0.39, 0.29) is 325 Å². The molecule has 0 fully saturated rings. The first-order valence-corrected chi connectivity index (χ1v) is 43.0. The van der Waals surface area contributed by atoms with Crippen molar-refractivity contribution in [3.63, 3.8) is 0 Å². The summed E-state index contributed by atoms with van der Waals surface area (Å²) >= 11 is 17.0. The summed E-state index contributed by atoms with van der Waals surface area (Å²) in [6.07, 6.45) is 5.96. The minimum atomic E-state index is -0.440. The first kappa shape index (κ1) is 154. The average molecular weight is 2300 g/mol. The third kappa shape index (κ3) is 153. The topological polar surface area (TPSA) is 130 Å². The molecular weight excluding hydrogens is 2210 g/mol. The summed E-state index contributed by atoms with van der Waals surface area (Å²) in [6.45, 7) is 45.5. The van der Waals surface area contributed by atoms with Crippen molar-refractivity contribution in [2.24, 2.45) is 0 Å². The van der Waals surface area contributed by atoms with Crippen LogP contribution >= 0.6 is 149 Å². The molecule has 0 saturated heterocycles. The minimum Gasteiger partial charge on any atom is -0.461 e. The van der Waals surface area contributed by atoms with E-state index in [4.69, 9.17) is 4.52 Å². The third-order valence-corrected chi connectivity index (χ3v) is 3.51. The largest absolute Gasteiger partial charge is 0.461 e. The monoisotopic (exact) mass is 2300 g/mol. The van der Waals surface area contributed by atoms with Crippen molar-refractivity contribution >= 4 is 155 Å². The Morgan fingerprint density at radius 3 is 0.800 bits per heavy atom. The maximum Gasteiger partial charge on any atom is 0.360 e. The van der Waals surface area contributed by atoms with E-state index in [1.54, 1.807) is 39.8 Å². The van der Waals surface area contributed by atoms with Gasteiger partial charge in [0.05, 0.1) is 23.8 Å². The van der Waals surface area contributed by atoms with Gasteiger partial charge in [-0.15, -0.1) is 22.4 Å². The number of aromatic nitrogens is 4. The zero-order chi connectivity index (χ0) is 47.6. The van der Waals surface area contributed by atoms with Crippen molar-refractivity contribution < 1.29 is 309 Å². The summed E-state index contributed by atoms with van der Waals surface area (Å²) in [4.78, 5) is 10.9. The van der Waals surface area contributed by atoms with Gasteiger partial charge < -0.3 is 51.5 Å². The van der Waals surface area contributed by atoms with Crippen LogP contribution in [0.5, 0.6) is 0 Å². The summed E-state index contributed by atoms with van der Waals surface area (Å²) in [6, 6.07) is 7.04. The van der Waals surface area contributed by atoms with Crippen LogP contribution in [0.1, 0.15) is 182 Å². The Kier molecular flexibility index (Phi) is 339. The molecule has 0 N–H and O–H groups in total. The Labute approximate surface area is 750 Å². The maximum atomic E-state index is 10.9. The zero-order valence-corrected chi connectivity index (χ0v) is 74.3. The number of rotatable bonds is 3. The van der Waals surface area contributed by atoms with Gasteiger partial charge in [0, 0.05) is 443 Å². The number of ether oxygens (including phenoxy) is 1. The Bertz CT molecular complexity index is 1150. The number of esters is 1. The van der Waals surface area contributed by atoms with Crippen molar-refractivity contribution in [2.45, 2.75) is 165 Å². The molecule has 0 aromatic carbocycles. The molecule has 0 amide bonds. The second kappa shape index (κ2) is 154. The summed E-state index contributed by atoms with van der Waals surface area (Å²) < 4.78 is 23.5. The van der Waals surface area contributed by atoms with E-state index in [9.17, 15) is 4.79 Å². The molecule has 4 rings (SSSR count). The van der Waals surface area contributed by atoms with Gasteiger partial charge in [0.2, 0.25) is 0 Å². The van der Waals surface area contributed by atoms with Crippen LogP contribution in [-0.2, 0) is 142 Å². The maximum absolute atomic E-state index is 10.9. The number of hydrogen-bond acceptors (Lipinski definition) is 10. The summed E-state index contributed by atoms with van der Waals surface area (Å²) in [5.74, 6) is 2.68. The minimum absolute atomic E-state index is 0. The fourth-order valence-corrected chi connectivity index (χ4v) is 2.09. The van der Waals surface area contributed by atoms with E-state index in [1.807, 2.05) is 26.8 Å². The molecule has 0 aliphatic heterocycles. The Hall–Kier alpha value is 11.3. The molecule has 10 nitrogen and oxygen atoms in total. The van der Waals surface area contributed by atoms with E-state index in [0.717, 1.165) is 29.4 Å². The Morgan fingerprint density at radius 2 is 0.686 bits per heavy atom. The normalized spacial score (nSPS) is 6.03. The van der Waals surface area contributed by atoms with Crippen LogP contribution in [0.25, 0.3) is 0 Å². The van der Waals surface area contributed by atoms with E-state index in [2.05, 4.69) is 278 Å². The van der Waals surface area contributed by atoms with Crippen LogP contribution in [-0.4, -0.2) is 33.2 Å². The van der Waals surface area contributed by atoms with Gasteiger partial charge >= 0.3 is 5.97 Å². The average Bonchev–Trinajstić information content (AvgIpc) is 4.04. The number of nitrogens with zero attached hydrogens (tertiary/aromatic N) is 4. The smallest absolute Gasteiger partial charge is 0.360 e. The van der Waals surface area contributed by atoms with E-state index >= 15 is 0 Å². The first-order chi connectivity index (χ1) is 27.3. The summed E-state index contributed by atoms with van der Waals surface area (Å²) in [7, 11) is 0. The van der Waals surface area contributed by atoms with Crippen LogP contribution in [0.4, 0.5) is 0 Å². The molecule has 4 aromatic rings. The van der Waals surface area contributed by atoms with Gasteiger partial charge in [-0.05, 0) is 41.0 Å². The molecule has 70 heavy (non-hydrogen) atoms. The quantitative estimate of drug-likeness (QED) is 0.111. The summed E-state index contributed by atoms with van der Waals surface area (Å²) in [5.41, 5.74) is 2.64. The van der Waals surface area contributed by atoms with E-state index in [1.165, 1.54) is 31.7 Å². The van der Waals surface area contributed by atoms with Gasteiger partial charge in [-0.1, -0.05) is 132 Å². The number of carbonyl (C=O) groups is 1. The van der Waals surface area contributed by atoms with Gasteiger partial charge in [-0.3, -0.25) is 0 Å². The molecule has 0 atom stereocenters. The van der Waals surface area contributed by atoms with Crippen LogP contribution in [0.3, 0.4) is 0 Å². The third-order valence-electron chi connectivity index (χ3n) is 3.51. The van der Waals surface area contributed by atoms with Crippen LogP contribution < -0.4 is 0 Å². The number of halogens is 8. The van der Waals surface area contributed by atoms with Gasteiger partial charge in [0.1, 0.15) is 11.5 Å². The molecule has 26 heteroatoms. The van der Waals surface area contributed by atoms with Gasteiger partial charge in [0.25, 0.3) is 0 Å². The molecule has 0 aliphatic carbocycles. The van der Waals surface area contributed by atoms with Gasteiger partial charge in [-0.2, -0.15) is 13.8 Å². The van der Waals surface area contributed by atoms with Crippen LogP contribution in [0.2, 0.25) is 0 Å². The van der Waals surface area contributed by atoms with Crippen LogP contribution in [0.15, 0.2) is 42.4 Å². The predicted octanol–water partition coefficient (Wildman–Crippen LogP) is 22.3. The zero-order valence-electron chi connectivity index (χ0n) is 42.9. The Balaban J connectivity index is -0.0000000167. The number of aryl methyl sites for hydroxylation is 5. The molecule has 0 unspecified atom stereocenters.